The molecule has 4 rings (SSSR count). The van der Waals surface area contributed by atoms with Gasteiger partial charge in [0.1, 0.15) is 5.75 Å². The van der Waals surface area contributed by atoms with Gasteiger partial charge in [-0.05, 0) is 50.8 Å². The van der Waals surface area contributed by atoms with Gasteiger partial charge in [-0.1, -0.05) is 54.1 Å². The van der Waals surface area contributed by atoms with Crippen LogP contribution < -0.4 is 10.1 Å². The predicted octanol–water partition coefficient (Wildman–Crippen LogP) is 5.36. The molecule has 1 heterocycles. The Morgan fingerprint density at radius 1 is 1.06 bits per heavy atom. The van der Waals surface area contributed by atoms with Crippen LogP contribution in [-0.2, 0) is 0 Å². The van der Waals surface area contributed by atoms with E-state index in [1.54, 1.807) is 19.4 Å². The topological polar surface area (TPSA) is 67.6 Å². The molecule has 0 aliphatic carbocycles. The number of aromatic nitrogens is 1. The van der Waals surface area contributed by atoms with Crippen LogP contribution in [0.3, 0.4) is 0 Å². The molecule has 34 heavy (non-hydrogen) atoms. The molecular formula is C28H29N3O3. The third kappa shape index (κ3) is 5.18. The van der Waals surface area contributed by atoms with Crippen molar-refractivity contribution in [2.24, 2.45) is 0 Å². The number of likely N-dealkylation sites (N-methyl/N-ethyl adjacent to an activating group) is 1. The first-order valence-corrected chi connectivity index (χ1v) is 11.2. The van der Waals surface area contributed by atoms with Gasteiger partial charge in [0.2, 0.25) is 5.89 Å². The summed E-state index contributed by atoms with van der Waals surface area (Å²) in [6.07, 6.45) is 1.69. The molecule has 0 bridgehead atoms. The summed E-state index contributed by atoms with van der Waals surface area (Å²) in [5.74, 6) is 1.68. The fourth-order valence-corrected chi connectivity index (χ4v) is 3.85. The molecule has 174 valence electrons. The van der Waals surface area contributed by atoms with Gasteiger partial charge < -0.3 is 19.4 Å². The maximum Gasteiger partial charge on any atom is 0.252 e. The van der Waals surface area contributed by atoms with Crippen LogP contribution in [0.5, 0.6) is 5.75 Å². The first-order valence-electron chi connectivity index (χ1n) is 11.2. The number of ether oxygens (including phenoxy) is 1. The number of carbonyl (C=O) groups is 1. The summed E-state index contributed by atoms with van der Waals surface area (Å²) in [6, 6.07) is 23.3. The molecule has 0 aliphatic rings. The summed E-state index contributed by atoms with van der Waals surface area (Å²) in [4.78, 5) is 19.7. The molecule has 6 heteroatoms. The minimum absolute atomic E-state index is 0.0129. The Morgan fingerprint density at radius 3 is 2.56 bits per heavy atom. The van der Waals surface area contributed by atoms with Crippen molar-refractivity contribution < 1.29 is 13.9 Å². The van der Waals surface area contributed by atoms with Gasteiger partial charge in [0.25, 0.3) is 5.91 Å². The Morgan fingerprint density at radius 2 is 1.82 bits per heavy atom. The standard InChI is InChI=1S/C28H29N3O3/c1-19-12-14-20(15-13-19)26-18-30-28(34-26)24-11-6-5-10-23(24)27(32)29-17-25(31(2)3)21-8-7-9-22(16-21)33-4/h5-16,18,25H,17H2,1-4H3,(H,29,32). The van der Waals surface area contributed by atoms with E-state index in [-0.39, 0.29) is 11.9 Å². The van der Waals surface area contributed by atoms with E-state index < -0.39 is 0 Å². The first-order chi connectivity index (χ1) is 16.5. The molecule has 3 aromatic carbocycles. The molecule has 1 atom stereocenters. The van der Waals surface area contributed by atoms with E-state index in [1.807, 2.05) is 87.7 Å². The number of nitrogens with one attached hydrogen (secondary N) is 1. The minimum Gasteiger partial charge on any atom is -0.497 e. The number of benzene rings is 3. The van der Waals surface area contributed by atoms with Gasteiger partial charge in [0.15, 0.2) is 5.76 Å². The summed E-state index contributed by atoms with van der Waals surface area (Å²) in [5.41, 5.74) is 4.35. The second kappa shape index (κ2) is 10.4. The molecule has 0 radical (unpaired) electrons. The number of nitrogens with zero attached hydrogens (tertiary/aromatic N) is 2. The molecule has 0 saturated heterocycles. The lowest BCUT2D eigenvalue weighted by molar-refractivity contribution is 0.0942. The normalized spacial score (nSPS) is 11.9. The van der Waals surface area contributed by atoms with Crippen molar-refractivity contribution in [3.05, 3.63) is 95.7 Å². The molecule has 4 aromatic rings. The maximum absolute atomic E-state index is 13.2. The number of methoxy groups -OCH3 is 1. The zero-order valence-corrected chi connectivity index (χ0v) is 19.9. The van der Waals surface area contributed by atoms with E-state index in [2.05, 4.69) is 15.2 Å². The van der Waals surface area contributed by atoms with E-state index in [4.69, 9.17) is 9.15 Å². The zero-order valence-electron chi connectivity index (χ0n) is 19.9. The van der Waals surface area contributed by atoms with Crippen LogP contribution in [0.25, 0.3) is 22.8 Å². The molecule has 1 N–H and O–H groups in total. The molecule has 6 nitrogen and oxygen atoms in total. The highest BCUT2D eigenvalue weighted by Crippen LogP contribution is 2.29. The van der Waals surface area contributed by atoms with Gasteiger partial charge in [-0.2, -0.15) is 0 Å². The Labute approximate surface area is 200 Å². The highest BCUT2D eigenvalue weighted by molar-refractivity contribution is 6.00. The summed E-state index contributed by atoms with van der Waals surface area (Å²) in [6.45, 7) is 2.48. The fourth-order valence-electron chi connectivity index (χ4n) is 3.85. The number of rotatable bonds is 8. The number of carbonyl (C=O) groups excluding carboxylic acids is 1. The van der Waals surface area contributed by atoms with E-state index in [9.17, 15) is 4.79 Å². The second-order valence-electron chi connectivity index (χ2n) is 8.41. The van der Waals surface area contributed by atoms with Gasteiger partial charge in [-0.25, -0.2) is 4.98 Å². The van der Waals surface area contributed by atoms with Gasteiger partial charge in [-0.3, -0.25) is 4.79 Å². The predicted molar refractivity (Wildman–Crippen MR) is 134 cm³/mol. The van der Waals surface area contributed by atoms with E-state index in [1.165, 1.54) is 5.56 Å². The lowest BCUT2D eigenvalue weighted by Gasteiger charge is -2.25. The number of aryl methyl sites for hydroxylation is 1. The van der Waals surface area contributed by atoms with Crippen LogP contribution in [0.1, 0.15) is 27.5 Å². The van der Waals surface area contributed by atoms with Gasteiger partial charge in [0, 0.05) is 17.7 Å². The Balaban J connectivity index is 1.54. The van der Waals surface area contributed by atoms with Crippen LogP contribution in [0.2, 0.25) is 0 Å². The fraction of sp³-hybridized carbons (Fsp3) is 0.214. The SMILES string of the molecule is COc1cccc(C(CNC(=O)c2ccccc2-c2ncc(-c3ccc(C)cc3)o2)N(C)C)c1. The monoisotopic (exact) mass is 455 g/mol. The number of amides is 1. The van der Waals surface area contributed by atoms with Crippen LogP contribution in [0.15, 0.2) is 83.4 Å². The van der Waals surface area contributed by atoms with E-state index in [0.29, 0.717) is 29.3 Å². The Kier molecular flexibility index (Phi) is 7.09. The molecule has 0 saturated carbocycles. The van der Waals surface area contributed by atoms with E-state index >= 15 is 0 Å². The van der Waals surface area contributed by atoms with Crippen LogP contribution in [-0.4, -0.2) is 43.5 Å². The molecular weight excluding hydrogens is 426 g/mol. The van der Waals surface area contributed by atoms with Crippen molar-refractivity contribution in [3.8, 4) is 28.5 Å². The number of hydrogen-bond acceptors (Lipinski definition) is 5. The van der Waals surface area contributed by atoms with Gasteiger partial charge in [-0.15, -0.1) is 0 Å². The highest BCUT2D eigenvalue weighted by Gasteiger charge is 2.20. The van der Waals surface area contributed by atoms with E-state index in [0.717, 1.165) is 16.9 Å². The minimum atomic E-state index is -0.180. The summed E-state index contributed by atoms with van der Waals surface area (Å²) >= 11 is 0. The maximum atomic E-state index is 13.2. The van der Waals surface area contributed by atoms with Crippen molar-refractivity contribution in [1.29, 1.82) is 0 Å². The third-order valence-corrected chi connectivity index (χ3v) is 5.80. The molecule has 0 fully saturated rings. The largest absolute Gasteiger partial charge is 0.497 e. The summed E-state index contributed by atoms with van der Waals surface area (Å²) < 4.78 is 11.4. The third-order valence-electron chi connectivity index (χ3n) is 5.80. The highest BCUT2D eigenvalue weighted by atomic mass is 16.5. The second-order valence-corrected chi connectivity index (χ2v) is 8.41. The van der Waals surface area contributed by atoms with Gasteiger partial charge >= 0.3 is 0 Å². The van der Waals surface area contributed by atoms with Crippen molar-refractivity contribution in [1.82, 2.24) is 15.2 Å². The first kappa shape index (κ1) is 23.3. The molecule has 0 spiro atoms. The van der Waals surface area contributed by atoms with Crippen molar-refractivity contribution in [2.45, 2.75) is 13.0 Å². The van der Waals surface area contributed by atoms with Crippen molar-refractivity contribution in [3.63, 3.8) is 0 Å². The Bertz CT molecular complexity index is 1260. The van der Waals surface area contributed by atoms with Gasteiger partial charge in [0.05, 0.1) is 24.9 Å². The van der Waals surface area contributed by atoms with Crippen molar-refractivity contribution in [2.75, 3.05) is 27.7 Å². The molecule has 1 aromatic heterocycles. The molecule has 1 unspecified atom stereocenters. The van der Waals surface area contributed by atoms with Crippen molar-refractivity contribution >= 4 is 5.91 Å². The summed E-state index contributed by atoms with van der Waals surface area (Å²) in [7, 11) is 5.63. The van der Waals surface area contributed by atoms with Crippen LogP contribution in [0.4, 0.5) is 0 Å². The molecule has 1 amide bonds. The lowest BCUT2D eigenvalue weighted by atomic mass is 10.0. The quantitative estimate of drug-likeness (QED) is 0.387. The van der Waals surface area contributed by atoms with Crippen LogP contribution in [0, 0.1) is 6.92 Å². The average molecular weight is 456 g/mol. The summed E-state index contributed by atoms with van der Waals surface area (Å²) in [5, 5.41) is 3.08. The average Bonchev–Trinajstić information content (AvgIpc) is 3.34. The van der Waals surface area contributed by atoms with Crippen LogP contribution >= 0.6 is 0 Å². The smallest absolute Gasteiger partial charge is 0.252 e. The number of hydrogen-bond donors (Lipinski definition) is 1. The number of oxazole rings is 1. The molecule has 0 aliphatic heterocycles. The Hall–Kier alpha value is -3.90. The lowest BCUT2D eigenvalue weighted by Crippen LogP contribution is -2.34. The zero-order chi connectivity index (χ0) is 24.1.